The summed E-state index contributed by atoms with van der Waals surface area (Å²) in [5.74, 6) is 0.339. The Kier molecular flexibility index (Phi) is 8.03. The number of hydrogen-bond donors (Lipinski definition) is 3. The maximum atomic E-state index is 13.1. The number of benzene rings is 2. The molecule has 3 rings (SSSR count). The van der Waals surface area contributed by atoms with E-state index >= 15 is 0 Å². The first-order valence-electron chi connectivity index (χ1n) is 9.26. The van der Waals surface area contributed by atoms with Crippen LogP contribution in [0.25, 0.3) is 5.57 Å². The van der Waals surface area contributed by atoms with Crippen molar-refractivity contribution in [2.45, 2.75) is 6.42 Å². The highest BCUT2D eigenvalue weighted by atomic mass is 35.5. The first kappa shape index (κ1) is 24.6. The number of carbonyl (C=O) groups excluding carboxylic acids is 1. The topological polar surface area (TPSA) is 126 Å². The van der Waals surface area contributed by atoms with Crippen LogP contribution in [0.5, 0.6) is 0 Å². The van der Waals surface area contributed by atoms with E-state index in [-0.39, 0.29) is 30.3 Å². The molecule has 0 fully saturated rings. The maximum absolute atomic E-state index is 13.1. The van der Waals surface area contributed by atoms with Crippen LogP contribution in [0.2, 0.25) is 0 Å². The molecule has 0 spiro atoms. The number of hydrogen-bond acceptors (Lipinski definition) is 5. The van der Waals surface area contributed by atoms with Crippen LogP contribution in [0.3, 0.4) is 0 Å². The zero-order valence-corrected chi connectivity index (χ0v) is 18.9. The molecule has 1 atom stereocenters. The molecule has 8 nitrogen and oxygen atoms in total. The number of ether oxygens (including phenoxy) is 1. The lowest BCUT2D eigenvalue weighted by Gasteiger charge is -2.17. The number of nitrogens with zero attached hydrogens (tertiary/aromatic N) is 1. The van der Waals surface area contributed by atoms with E-state index in [1.165, 1.54) is 14.2 Å². The van der Waals surface area contributed by atoms with E-state index in [9.17, 15) is 14.3 Å². The molecular formula is C21H25ClN3O5P. The number of nitrogen functional groups attached to an aromatic ring is 1. The number of nitrogens with two attached hydrogens (primary N) is 1. The van der Waals surface area contributed by atoms with E-state index in [0.717, 1.165) is 5.56 Å². The van der Waals surface area contributed by atoms with Gasteiger partial charge in [0.25, 0.3) is 5.91 Å². The average molecular weight is 466 g/mol. The van der Waals surface area contributed by atoms with Gasteiger partial charge < -0.3 is 24.8 Å². The number of aryl methyl sites for hydroxylation is 1. The summed E-state index contributed by atoms with van der Waals surface area (Å²) in [5.41, 5.74) is 8.81. The van der Waals surface area contributed by atoms with E-state index in [1.54, 1.807) is 41.3 Å². The van der Waals surface area contributed by atoms with E-state index < -0.39 is 7.60 Å². The van der Waals surface area contributed by atoms with Crippen LogP contribution in [-0.2, 0) is 25.0 Å². The van der Waals surface area contributed by atoms with Crippen molar-refractivity contribution in [3.8, 4) is 0 Å². The maximum Gasteiger partial charge on any atom is 0.328 e. The van der Waals surface area contributed by atoms with Crippen molar-refractivity contribution in [1.82, 2.24) is 0 Å². The number of halogens is 1. The van der Waals surface area contributed by atoms with Gasteiger partial charge in [0.05, 0.1) is 25.4 Å². The molecule has 1 heterocycles. The van der Waals surface area contributed by atoms with Gasteiger partial charge in [-0.25, -0.2) is 0 Å². The fourth-order valence-corrected chi connectivity index (χ4v) is 3.95. The Morgan fingerprint density at radius 2 is 1.77 bits per heavy atom. The van der Waals surface area contributed by atoms with Gasteiger partial charge in [-0.3, -0.25) is 14.8 Å². The van der Waals surface area contributed by atoms with Crippen molar-refractivity contribution in [3.63, 3.8) is 0 Å². The molecule has 1 aliphatic rings. The van der Waals surface area contributed by atoms with E-state index in [0.29, 0.717) is 41.1 Å². The highest BCUT2D eigenvalue weighted by Crippen LogP contribution is 2.41. The lowest BCUT2D eigenvalue weighted by atomic mass is 10.0. The standard InChI is InChI=1S/C21H24N3O5P.ClH/c1-28-18-13-24(17-9-7-16(8-10-17)20(22)23)21(25)19(18)15-5-3-14(4-6-15)11-12-30(26,27)29-2;/h3-10H,11-13H2,1-2H3,(H3,22,23)(H,26,27);1H. The molecule has 2 aromatic carbocycles. The van der Waals surface area contributed by atoms with Gasteiger partial charge in [0, 0.05) is 18.4 Å². The third-order valence-electron chi connectivity index (χ3n) is 4.99. The van der Waals surface area contributed by atoms with E-state index in [4.69, 9.17) is 15.9 Å². The second-order valence-corrected chi connectivity index (χ2v) is 8.93. The minimum Gasteiger partial charge on any atom is -0.498 e. The zero-order chi connectivity index (χ0) is 21.9. The summed E-state index contributed by atoms with van der Waals surface area (Å²) in [6.07, 6.45) is 0.415. The predicted molar refractivity (Wildman–Crippen MR) is 123 cm³/mol. The summed E-state index contributed by atoms with van der Waals surface area (Å²) in [5, 5.41) is 7.49. The van der Waals surface area contributed by atoms with Crippen molar-refractivity contribution in [3.05, 3.63) is 71.0 Å². The van der Waals surface area contributed by atoms with Gasteiger partial charge in [0.15, 0.2) is 0 Å². The molecule has 0 aliphatic carbocycles. The quantitative estimate of drug-likeness (QED) is 0.312. The summed E-state index contributed by atoms with van der Waals surface area (Å²) in [6.45, 7) is 0.299. The monoisotopic (exact) mass is 465 g/mol. The number of amidine groups is 1. The Labute approximate surface area is 187 Å². The molecule has 1 unspecified atom stereocenters. The number of rotatable bonds is 8. The van der Waals surface area contributed by atoms with Crippen molar-refractivity contribution in [2.24, 2.45) is 5.73 Å². The normalized spacial score (nSPS) is 15.5. The lowest BCUT2D eigenvalue weighted by molar-refractivity contribution is -0.112. The Bertz CT molecular complexity index is 1040. The summed E-state index contributed by atoms with van der Waals surface area (Å²) >= 11 is 0. The van der Waals surface area contributed by atoms with Crippen LogP contribution in [0.1, 0.15) is 16.7 Å². The smallest absolute Gasteiger partial charge is 0.328 e. The third-order valence-corrected chi connectivity index (χ3v) is 6.35. The van der Waals surface area contributed by atoms with Crippen LogP contribution >= 0.6 is 20.0 Å². The summed E-state index contributed by atoms with van der Waals surface area (Å²) < 4.78 is 21.7. The Hall–Kier alpha value is -2.64. The largest absolute Gasteiger partial charge is 0.498 e. The van der Waals surface area contributed by atoms with Gasteiger partial charge in [-0.1, -0.05) is 24.3 Å². The van der Waals surface area contributed by atoms with E-state index in [2.05, 4.69) is 4.52 Å². The number of carbonyl (C=O) groups is 1. The number of anilines is 1. The molecule has 1 aliphatic heterocycles. The Balaban J connectivity index is 0.00000341. The lowest BCUT2D eigenvalue weighted by Crippen LogP contribution is -2.26. The number of amides is 1. The van der Waals surface area contributed by atoms with Crippen molar-refractivity contribution in [2.75, 3.05) is 31.8 Å². The first-order chi connectivity index (χ1) is 14.3. The van der Waals surface area contributed by atoms with Crippen molar-refractivity contribution >= 4 is 43.0 Å². The van der Waals surface area contributed by atoms with Gasteiger partial charge >= 0.3 is 7.60 Å². The van der Waals surface area contributed by atoms with E-state index in [1.807, 2.05) is 12.1 Å². The Morgan fingerprint density at radius 3 is 2.29 bits per heavy atom. The number of methoxy groups -OCH3 is 1. The van der Waals surface area contributed by atoms with Crippen molar-refractivity contribution < 1.29 is 23.5 Å². The summed E-state index contributed by atoms with van der Waals surface area (Å²) in [7, 11) is -0.813. The Morgan fingerprint density at radius 1 is 1.16 bits per heavy atom. The van der Waals surface area contributed by atoms with Crippen LogP contribution < -0.4 is 10.6 Å². The van der Waals surface area contributed by atoms with Gasteiger partial charge in [-0.05, 0) is 41.8 Å². The molecule has 0 saturated carbocycles. The molecule has 2 aromatic rings. The molecule has 1 amide bonds. The summed E-state index contributed by atoms with van der Waals surface area (Å²) in [6, 6.07) is 14.1. The molecule has 166 valence electrons. The third kappa shape index (κ3) is 5.54. The predicted octanol–water partition coefficient (Wildman–Crippen LogP) is 3.17. The first-order valence-corrected chi connectivity index (χ1v) is 11.0. The molecule has 31 heavy (non-hydrogen) atoms. The second kappa shape index (κ2) is 10.1. The highest BCUT2D eigenvalue weighted by molar-refractivity contribution is 7.52. The molecule has 4 N–H and O–H groups in total. The minimum absolute atomic E-state index is 0. The zero-order valence-electron chi connectivity index (χ0n) is 17.2. The second-order valence-electron chi connectivity index (χ2n) is 6.84. The van der Waals surface area contributed by atoms with Crippen LogP contribution in [-0.4, -0.2) is 43.6 Å². The molecule has 10 heteroatoms. The molecule has 0 saturated heterocycles. The van der Waals surface area contributed by atoms with Gasteiger partial charge in [-0.15, -0.1) is 12.4 Å². The fraction of sp³-hybridized carbons (Fsp3) is 0.238. The molecule has 0 aromatic heterocycles. The van der Waals surface area contributed by atoms with Gasteiger partial charge in [0.2, 0.25) is 0 Å². The van der Waals surface area contributed by atoms with Crippen LogP contribution in [0.4, 0.5) is 5.69 Å². The summed E-state index contributed by atoms with van der Waals surface area (Å²) in [4.78, 5) is 24.3. The van der Waals surface area contributed by atoms with Crippen LogP contribution in [0.15, 0.2) is 54.3 Å². The number of nitrogens with one attached hydrogen (secondary N) is 1. The van der Waals surface area contributed by atoms with Gasteiger partial charge in [0.1, 0.15) is 11.6 Å². The van der Waals surface area contributed by atoms with Crippen LogP contribution in [0, 0.1) is 5.41 Å². The van der Waals surface area contributed by atoms with Crippen molar-refractivity contribution in [1.29, 1.82) is 5.41 Å². The fourth-order valence-electron chi connectivity index (χ4n) is 3.23. The average Bonchev–Trinajstić information content (AvgIpc) is 3.09. The minimum atomic E-state index is -3.56. The molecule has 0 radical (unpaired) electrons. The molecule has 0 bridgehead atoms. The SMILES string of the molecule is COC1=C(c2ccc(CCP(=O)(O)OC)cc2)C(=O)N(c2ccc(C(=N)N)cc2)C1.Cl. The molecular weight excluding hydrogens is 441 g/mol. The highest BCUT2D eigenvalue weighted by Gasteiger charge is 2.33. The van der Waals surface area contributed by atoms with Gasteiger partial charge in [-0.2, -0.15) is 0 Å².